The first-order valence-corrected chi connectivity index (χ1v) is 6.58. The Morgan fingerprint density at radius 3 is 2.59 bits per heavy atom. The molecule has 0 fully saturated rings. The Bertz CT molecular complexity index is 350. The minimum Gasteiger partial charge on any atom is -0.244 e. The lowest BCUT2D eigenvalue weighted by molar-refractivity contribution is 0.181. The van der Waals surface area contributed by atoms with Crippen LogP contribution in [0.25, 0.3) is 0 Å². The Balaban J connectivity index is 2.78. The molecule has 0 amide bonds. The first kappa shape index (κ1) is 14.2. The monoisotopic (exact) mass is 236 g/mol. The minimum absolute atomic E-state index is 0.311. The fourth-order valence-electron chi connectivity index (χ4n) is 2.53. The molecule has 1 heteroatoms. The van der Waals surface area contributed by atoms with Crippen molar-refractivity contribution in [1.82, 2.24) is 0 Å². The third-order valence-electron chi connectivity index (χ3n) is 3.43. The van der Waals surface area contributed by atoms with Crippen molar-refractivity contribution in [3.63, 3.8) is 0 Å². The van der Waals surface area contributed by atoms with E-state index in [0.29, 0.717) is 12.3 Å². The summed E-state index contributed by atoms with van der Waals surface area (Å²) in [5.41, 5.74) is 3.12. The molecule has 0 heterocycles. The zero-order chi connectivity index (χ0) is 13.1. The molecule has 1 rings (SSSR count). The maximum absolute atomic E-state index is 13.7. The Kier molecular flexibility index (Phi) is 4.73. The van der Waals surface area contributed by atoms with E-state index in [-0.39, 0.29) is 0 Å². The second-order valence-corrected chi connectivity index (χ2v) is 5.76. The Morgan fingerprint density at radius 1 is 1.41 bits per heavy atom. The SMILES string of the molecule is CCC1=C(C)CC(C(C)CC(C)(C)F)=CC=C1. The number of halogens is 1. The predicted octanol–water partition coefficient (Wildman–Crippen LogP) is 5.37. The highest BCUT2D eigenvalue weighted by Gasteiger charge is 2.22. The minimum atomic E-state index is -1.08. The van der Waals surface area contributed by atoms with Crippen molar-refractivity contribution in [2.75, 3.05) is 0 Å². The van der Waals surface area contributed by atoms with E-state index in [1.807, 2.05) is 0 Å². The van der Waals surface area contributed by atoms with Gasteiger partial charge in [0.15, 0.2) is 0 Å². The van der Waals surface area contributed by atoms with Gasteiger partial charge in [-0.15, -0.1) is 0 Å². The van der Waals surface area contributed by atoms with Crippen LogP contribution in [0.1, 0.15) is 53.9 Å². The quantitative estimate of drug-likeness (QED) is 0.615. The van der Waals surface area contributed by atoms with Crippen molar-refractivity contribution in [1.29, 1.82) is 0 Å². The summed E-state index contributed by atoms with van der Waals surface area (Å²) >= 11 is 0. The van der Waals surface area contributed by atoms with E-state index < -0.39 is 5.67 Å². The summed E-state index contributed by atoms with van der Waals surface area (Å²) in [6, 6.07) is 0. The van der Waals surface area contributed by atoms with E-state index in [9.17, 15) is 4.39 Å². The van der Waals surface area contributed by atoms with E-state index in [1.54, 1.807) is 13.8 Å². The molecule has 0 aliphatic heterocycles. The molecule has 0 bridgehead atoms. The van der Waals surface area contributed by atoms with Crippen molar-refractivity contribution in [3.05, 3.63) is 34.9 Å². The molecule has 0 saturated carbocycles. The molecule has 1 unspecified atom stereocenters. The van der Waals surface area contributed by atoms with Crippen LogP contribution >= 0.6 is 0 Å². The molecule has 1 atom stereocenters. The zero-order valence-corrected chi connectivity index (χ0v) is 11.8. The van der Waals surface area contributed by atoms with Crippen molar-refractivity contribution in [3.8, 4) is 0 Å². The van der Waals surface area contributed by atoms with Gasteiger partial charge < -0.3 is 0 Å². The maximum atomic E-state index is 13.7. The van der Waals surface area contributed by atoms with Gasteiger partial charge in [0.25, 0.3) is 0 Å². The molecule has 0 aromatic carbocycles. The highest BCUT2D eigenvalue weighted by molar-refractivity contribution is 5.35. The van der Waals surface area contributed by atoms with Crippen LogP contribution in [0, 0.1) is 5.92 Å². The van der Waals surface area contributed by atoms with Gasteiger partial charge in [0.2, 0.25) is 0 Å². The summed E-state index contributed by atoms with van der Waals surface area (Å²) in [5, 5.41) is 0. The van der Waals surface area contributed by atoms with Gasteiger partial charge in [0, 0.05) is 0 Å². The van der Waals surface area contributed by atoms with Crippen molar-refractivity contribution >= 4 is 0 Å². The molecular formula is C16H25F. The van der Waals surface area contributed by atoms with Gasteiger partial charge in [-0.2, -0.15) is 0 Å². The highest BCUT2D eigenvalue weighted by atomic mass is 19.1. The maximum Gasteiger partial charge on any atom is 0.106 e. The third-order valence-corrected chi connectivity index (χ3v) is 3.43. The van der Waals surface area contributed by atoms with Crippen LogP contribution < -0.4 is 0 Å². The van der Waals surface area contributed by atoms with Crippen molar-refractivity contribution in [2.45, 2.75) is 59.5 Å². The average molecular weight is 236 g/mol. The fraction of sp³-hybridized carbons (Fsp3) is 0.625. The molecule has 1 aliphatic rings. The molecule has 17 heavy (non-hydrogen) atoms. The molecule has 0 spiro atoms. The lowest BCUT2D eigenvalue weighted by atomic mass is 9.86. The van der Waals surface area contributed by atoms with Crippen molar-refractivity contribution < 1.29 is 4.39 Å². The van der Waals surface area contributed by atoms with Crippen molar-refractivity contribution in [2.24, 2.45) is 5.92 Å². The molecular weight excluding hydrogens is 211 g/mol. The number of hydrogen-bond acceptors (Lipinski definition) is 0. The van der Waals surface area contributed by atoms with Crippen LogP contribution in [0.2, 0.25) is 0 Å². The largest absolute Gasteiger partial charge is 0.244 e. The molecule has 0 radical (unpaired) electrons. The van der Waals surface area contributed by atoms with Crippen LogP contribution in [-0.4, -0.2) is 5.67 Å². The first-order chi connectivity index (χ1) is 7.83. The van der Waals surface area contributed by atoms with E-state index in [1.165, 1.54) is 16.7 Å². The van der Waals surface area contributed by atoms with E-state index in [0.717, 1.165) is 12.8 Å². The number of rotatable bonds is 4. The molecule has 0 N–H and O–H groups in total. The van der Waals surface area contributed by atoms with Gasteiger partial charge in [0.1, 0.15) is 5.67 Å². The Hall–Kier alpha value is -0.850. The van der Waals surface area contributed by atoms with E-state index in [2.05, 4.69) is 39.0 Å². The molecule has 96 valence electrons. The van der Waals surface area contributed by atoms with Gasteiger partial charge in [0.05, 0.1) is 0 Å². The number of alkyl halides is 1. The predicted molar refractivity (Wildman–Crippen MR) is 73.8 cm³/mol. The molecule has 0 nitrogen and oxygen atoms in total. The molecule has 0 aromatic heterocycles. The van der Waals surface area contributed by atoms with E-state index >= 15 is 0 Å². The van der Waals surface area contributed by atoms with E-state index in [4.69, 9.17) is 0 Å². The number of allylic oxidation sites excluding steroid dienone is 6. The van der Waals surface area contributed by atoms with Gasteiger partial charge >= 0.3 is 0 Å². The lowest BCUT2D eigenvalue weighted by Gasteiger charge is -2.22. The van der Waals surface area contributed by atoms with Crippen LogP contribution in [0.15, 0.2) is 34.9 Å². The highest BCUT2D eigenvalue weighted by Crippen LogP contribution is 2.31. The summed E-state index contributed by atoms with van der Waals surface area (Å²) in [5.74, 6) is 0.311. The summed E-state index contributed by atoms with van der Waals surface area (Å²) in [4.78, 5) is 0. The summed E-state index contributed by atoms with van der Waals surface area (Å²) in [7, 11) is 0. The first-order valence-electron chi connectivity index (χ1n) is 6.58. The Labute approximate surface area is 105 Å². The molecule has 0 aromatic rings. The van der Waals surface area contributed by atoms with Crippen LogP contribution in [0.4, 0.5) is 4.39 Å². The Morgan fingerprint density at radius 2 is 2.06 bits per heavy atom. The average Bonchev–Trinajstić information content (AvgIpc) is 2.37. The summed E-state index contributed by atoms with van der Waals surface area (Å²) in [6.07, 6.45) is 9.14. The van der Waals surface area contributed by atoms with Crippen LogP contribution in [-0.2, 0) is 0 Å². The fourth-order valence-corrected chi connectivity index (χ4v) is 2.53. The second kappa shape index (κ2) is 5.66. The zero-order valence-electron chi connectivity index (χ0n) is 11.8. The summed E-state index contributed by atoms with van der Waals surface area (Å²) in [6.45, 7) is 9.83. The second-order valence-electron chi connectivity index (χ2n) is 5.76. The smallest absolute Gasteiger partial charge is 0.106 e. The molecule has 0 saturated heterocycles. The molecule has 1 aliphatic carbocycles. The normalized spacial score (nSPS) is 19.1. The van der Waals surface area contributed by atoms with Gasteiger partial charge in [-0.25, -0.2) is 4.39 Å². The van der Waals surface area contributed by atoms with Crippen LogP contribution in [0.3, 0.4) is 0 Å². The topological polar surface area (TPSA) is 0 Å². The summed E-state index contributed by atoms with van der Waals surface area (Å²) < 4.78 is 13.7. The lowest BCUT2D eigenvalue weighted by Crippen LogP contribution is -2.17. The van der Waals surface area contributed by atoms with Gasteiger partial charge in [-0.1, -0.05) is 43.2 Å². The van der Waals surface area contributed by atoms with Crippen LogP contribution in [0.5, 0.6) is 0 Å². The number of hydrogen-bond donors (Lipinski definition) is 0. The van der Waals surface area contributed by atoms with Gasteiger partial charge in [-0.05, 0) is 51.5 Å². The standard InChI is InChI=1S/C16H25F/c1-6-14-8-7-9-15(10-12(14)2)13(3)11-16(4,5)17/h7-9,13H,6,10-11H2,1-5H3. The third kappa shape index (κ3) is 4.49. The van der Waals surface area contributed by atoms with Gasteiger partial charge in [-0.3, -0.25) is 0 Å².